The molecule has 0 aliphatic carbocycles. The first-order chi connectivity index (χ1) is 9.24. The third-order valence-corrected chi connectivity index (χ3v) is 4.64. The number of methoxy groups -OCH3 is 1. The molecule has 2 rings (SSSR count). The number of rotatable bonds is 6. The SMILES string of the molecule is COc1ccc(CCN)c(OCc2sccc2Br)c1. The van der Waals surface area contributed by atoms with E-state index in [0.717, 1.165) is 28.0 Å². The Labute approximate surface area is 125 Å². The van der Waals surface area contributed by atoms with Crippen LogP contribution in [-0.4, -0.2) is 13.7 Å². The van der Waals surface area contributed by atoms with Crippen molar-refractivity contribution in [2.45, 2.75) is 13.0 Å². The quantitative estimate of drug-likeness (QED) is 0.872. The summed E-state index contributed by atoms with van der Waals surface area (Å²) in [7, 11) is 1.65. The van der Waals surface area contributed by atoms with Gasteiger partial charge in [-0.2, -0.15) is 0 Å². The molecular weight excluding hydrogens is 326 g/mol. The van der Waals surface area contributed by atoms with Crippen LogP contribution in [0.4, 0.5) is 0 Å². The number of halogens is 1. The van der Waals surface area contributed by atoms with Crippen molar-refractivity contribution in [3.8, 4) is 11.5 Å². The first-order valence-electron chi connectivity index (χ1n) is 5.96. The number of thiophene rings is 1. The number of hydrogen-bond donors (Lipinski definition) is 1. The van der Waals surface area contributed by atoms with Crippen LogP contribution in [0.5, 0.6) is 11.5 Å². The van der Waals surface area contributed by atoms with Crippen molar-refractivity contribution in [3.05, 3.63) is 44.6 Å². The van der Waals surface area contributed by atoms with Crippen LogP contribution in [0.25, 0.3) is 0 Å². The molecular formula is C14H16BrNO2S. The molecule has 2 aromatic rings. The molecule has 0 spiro atoms. The van der Waals surface area contributed by atoms with E-state index in [4.69, 9.17) is 15.2 Å². The molecule has 0 radical (unpaired) electrons. The highest BCUT2D eigenvalue weighted by molar-refractivity contribution is 9.10. The van der Waals surface area contributed by atoms with Crippen molar-refractivity contribution in [2.75, 3.05) is 13.7 Å². The van der Waals surface area contributed by atoms with Crippen LogP contribution in [0, 0.1) is 0 Å². The van der Waals surface area contributed by atoms with Crippen LogP contribution in [0.3, 0.4) is 0 Å². The lowest BCUT2D eigenvalue weighted by Crippen LogP contribution is -2.05. The van der Waals surface area contributed by atoms with Crippen molar-refractivity contribution in [2.24, 2.45) is 5.73 Å². The lowest BCUT2D eigenvalue weighted by molar-refractivity contribution is 0.303. The number of hydrogen-bond acceptors (Lipinski definition) is 4. The molecule has 2 N–H and O–H groups in total. The lowest BCUT2D eigenvalue weighted by atomic mass is 10.1. The van der Waals surface area contributed by atoms with E-state index in [1.54, 1.807) is 18.4 Å². The van der Waals surface area contributed by atoms with Gasteiger partial charge >= 0.3 is 0 Å². The topological polar surface area (TPSA) is 44.5 Å². The van der Waals surface area contributed by atoms with Gasteiger partial charge in [-0.1, -0.05) is 6.07 Å². The van der Waals surface area contributed by atoms with Crippen LogP contribution in [0.15, 0.2) is 34.1 Å². The highest BCUT2D eigenvalue weighted by Crippen LogP contribution is 2.28. The summed E-state index contributed by atoms with van der Waals surface area (Å²) in [5, 5.41) is 2.04. The van der Waals surface area contributed by atoms with Gasteiger partial charge in [0, 0.05) is 10.5 Å². The summed E-state index contributed by atoms with van der Waals surface area (Å²) in [5.41, 5.74) is 6.73. The molecule has 1 heterocycles. The summed E-state index contributed by atoms with van der Waals surface area (Å²) >= 11 is 5.17. The largest absolute Gasteiger partial charge is 0.497 e. The Hall–Kier alpha value is -1.04. The molecule has 1 aromatic heterocycles. The summed E-state index contributed by atoms with van der Waals surface area (Å²) in [6.07, 6.45) is 0.797. The minimum Gasteiger partial charge on any atom is -0.497 e. The Morgan fingerprint density at radius 3 is 2.79 bits per heavy atom. The Balaban J connectivity index is 2.15. The van der Waals surface area contributed by atoms with Gasteiger partial charge in [0.15, 0.2) is 0 Å². The normalized spacial score (nSPS) is 10.5. The van der Waals surface area contributed by atoms with E-state index in [1.165, 1.54) is 4.88 Å². The fourth-order valence-electron chi connectivity index (χ4n) is 1.73. The van der Waals surface area contributed by atoms with Gasteiger partial charge in [0.25, 0.3) is 0 Å². The maximum absolute atomic E-state index is 5.90. The fraction of sp³-hybridized carbons (Fsp3) is 0.286. The third-order valence-electron chi connectivity index (χ3n) is 2.74. The first-order valence-corrected chi connectivity index (χ1v) is 7.63. The van der Waals surface area contributed by atoms with E-state index < -0.39 is 0 Å². The van der Waals surface area contributed by atoms with Crippen LogP contribution in [0.2, 0.25) is 0 Å². The highest BCUT2D eigenvalue weighted by Gasteiger charge is 2.08. The molecule has 0 aliphatic rings. The van der Waals surface area contributed by atoms with E-state index >= 15 is 0 Å². The van der Waals surface area contributed by atoms with Gasteiger partial charge in [-0.3, -0.25) is 0 Å². The molecule has 0 atom stereocenters. The summed E-state index contributed by atoms with van der Waals surface area (Å²) in [6, 6.07) is 7.87. The van der Waals surface area contributed by atoms with Crippen molar-refractivity contribution < 1.29 is 9.47 Å². The Morgan fingerprint density at radius 2 is 2.16 bits per heavy atom. The van der Waals surface area contributed by atoms with Crippen molar-refractivity contribution in [1.29, 1.82) is 0 Å². The second kappa shape index (κ2) is 6.93. The predicted octanol–water partition coefficient (Wildman–Crippen LogP) is 3.60. The smallest absolute Gasteiger partial charge is 0.126 e. The zero-order valence-corrected chi connectivity index (χ0v) is 13.1. The van der Waals surface area contributed by atoms with Gasteiger partial charge in [-0.25, -0.2) is 0 Å². The summed E-state index contributed by atoms with van der Waals surface area (Å²) < 4.78 is 12.2. The second-order valence-corrected chi connectivity index (χ2v) is 5.85. The highest BCUT2D eigenvalue weighted by atomic mass is 79.9. The van der Waals surface area contributed by atoms with Crippen LogP contribution >= 0.6 is 27.3 Å². The Bertz CT molecular complexity index is 542. The third kappa shape index (κ3) is 3.72. The standard InChI is InChI=1S/C14H16BrNO2S/c1-17-11-3-2-10(4-6-16)13(8-11)18-9-14-12(15)5-7-19-14/h2-3,5,7-8H,4,6,9,16H2,1H3. The van der Waals surface area contributed by atoms with E-state index in [0.29, 0.717) is 13.2 Å². The van der Waals surface area contributed by atoms with Crippen molar-refractivity contribution in [1.82, 2.24) is 0 Å². The number of benzene rings is 1. The van der Waals surface area contributed by atoms with E-state index in [9.17, 15) is 0 Å². The van der Waals surface area contributed by atoms with Crippen molar-refractivity contribution in [3.63, 3.8) is 0 Å². The first kappa shape index (κ1) is 14.4. The molecule has 0 bridgehead atoms. The van der Waals surface area contributed by atoms with Crippen LogP contribution < -0.4 is 15.2 Å². The van der Waals surface area contributed by atoms with E-state index in [-0.39, 0.29) is 0 Å². The molecule has 5 heteroatoms. The summed E-state index contributed by atoms with van der Waals surface area (Å²) in [4.78, 5) is 1.17. The van der Waals surface area contributed by atoms with Crippen LogP contribution in [-0.2, 0) is 13.0 Å². The molecule has 0 amide bonds. The molecule has 0 saturated carbocycles. The Kier molecular flexibility index (Phi) is 5.24. The summed E-state index contributed by atoms with van der Waals surface area (Å²) in [6.45, 7) is 1.15. The zero-order valence-electron chi connectivity index (χ0n) is 10.7. The van der Waals surface area contributed by atoms with Crippen LogP contribution in [0.1, 0.15) is 10.4 Å². The molecule has 102 valence electrons. The molecule has 3 nitrogen and oxygen atoms in total. The monoisotopic (exact) mass is 341 g/mol. The average molecular weight is 342 g/mol. The van der Waals surface area contributed by atoms with Gasteiger partial charge < -0.3 is 15.2 Å². The van der Waals surface area contributed by atoms with E-state index in [1.807, 2.05) is 29.6 Å². The molecule has 19 heavy (non-hydrogen) atoms. The van der Waals surface area contributed by atoms with Crippen molar-refractivity contribution >= 4 is 27.3 Å². The molecule has 0 fully saturated rings. The maximum atomic E-state index is 5.90. The van der Waals surface area contributed by atoms with Gasteiger partial charge in [-0.15, -0.1) is 11.3 Å². The zero-order chi connectivity index (χ0) is 13.7. The maximum Gasteiger partial charge on any atom is 0.126 e. The second-order valence-electron chi connectivity index (χ2n) is 3.99. The molecule has 0 saturated heterocycles. The van der Waals surface area contributed by atoms with Gasteiger partial charge in [0.1, 0.15) is 18.1 Å². The molecule has 1 aromatic carbocycles. The lowest BCUT2D eigenvalue weighted by Gasteiger charge is -2.12. The minimum absolute atomic E-state index is 0.545. The number of nitrogens with two attached hydrogens (primary N) is 1. The van der Waals surface area contributed by atoms with Gasteiger partial charge in [-0.05, 0) is 52.0 Å². The summed E-state index contributed by atoms with van der Waals surface area (Å²) in [5.74, 6) is 1.63. The fourth-order valence-corrected chi connectivity index (χ4v) is 3.11. The van der Waals surface area contributed by atoms with Gasteiger partial charge in [0.2, 0.25) is 0 Å². The minimum atomic E-state index is 0.545. The molecule has 0 aliphatic heterocycles. The predicted molar refractivity (Wildman–Crippen MR) is 82.1 cm³/mol. The van der Waals surface area contributed by atoms with E-state index in [2.05, 4.69) is 15.9 Å². The van der Waals surface area contributed by atoms with Gasteiger partial charge in [0.05, 0.1) is 12.0 Å². The number of ether oxygens (including phenoxy) is 2. The molecule has 0 unspecified atom stereocenters. The Morgan fingerprint density at radius 1 is 1.32 bits per heavy atom. The average Bonchev–Trinajstić information content (AvgIpc) is 2.83.